The number of Topliss-reactive ketones (excluding diaryl/α,β-unsaturated/α-hetero) is 1. The molecule has 0 bridgehead atoms. The maximum atomic E-state index is 12.6. The second kappa shape index (κ2) is 10.9. The highest BCUT2D eigenvalue weighted by Crippen LogP contribution is 2.19. The molecular weight excluding hydrogens is 408 g/mol. The largest absolute Gasteiger partial charge is 0.378 e. The first-order valence-electron chi connectivity index (χ1n) is 10.8. The highest BCUT2D eigenvalue weighted by Gasteiger charge is 2.24. The maximum Gasteiger partial charge on any atom is 0.282 e. The number of morpholine rings is 1. The number of quaternary nitrogens is 1. The van der Waals surface area contributed by atoms with Gasteiger partial charge >= 0.3 is 0 Å². The molecule has 3 rings (SSSR count). The van der Waals surface area contributed by atoms with Crippen LogP contribution in [-0.2, 0) is 14.3 Å². The van der Waals surface area contributed by atoms with Crippen molar-refractivity contribution in [2.24, 2.45) is 0 Å². The normalized spacial score (nSPS) is 15.5. The van der Waals surface area contributed by atoms with Gasteiger partial charge in [0.15, 0.2) is 18.4 Å². The zero-order valence-corrected chi connectivity index (χ0v) is 18.8. The molecule has 0 aromatic heterocycles. The molecular formula is C24H31N4O4+. The molecule has 170 valence electrons. The molecule has 1 aliphatic rings. The van der Waals surface area contributed by atoms with Crippen molar-refractivity contribution < 1.29 is 24.0 Å². The van der Waals surface area contributed by atoms with Crippen molar-refractivity contribution in [1.29, 1.82) is 0 Å². The average molecular weight is 440 g/mol. The van der Waals surface area contributed by atoms with Crippen LogP contribution < -0.4 is 20.4 Å². The summed E-state index contributed by atoms with van der Waals surface area (Å²) in [5, 5.41) is 5.73. The Balaban J connectivity index is 1.48. The van der Waals surface area contributed by atoms with E-state index in [1.54, 1.807) is 31.2 Å². The number of ketones is 1. The van der Waals surface area contributed by atoms with Crippen LogP contribution in [0.5, 0.6) is 0 Å². The Morgan fingerprint density at radius 3 is 2.12 bits per heavy atom. The first-order valence-corrected chi connectivity index (χ1v) is 10.8. The lowest BCUT2D eigenvalue weighted by atomic mass is 10.1. The summed E-state index contributed by atoms with van der Waals surface area (Å²) < 4.78 is 5.38. The highest BCUT2D eigenvalue weighted by atomic mass is 16.5. The minimum absolute atomic E-state index is 0.0258. The van der Waals surface area contributed by atoms with Crippen molar-refractivity contribution in [2.75, 3.05) is 55.4 Å². The van der Waals surface area contributed by atoms with E-state index in [2.05, 4.69) is 15.5 Å². The Kier molecular flexibility index (Phi) is 7.97. The number of ether oxygens (including phenoxy) is 1. The Bertz CT molecular complexity index is 937. The number of likely N-dealkylation sites (N-methyl/N-ethyl adjacent to an activating group) is 1. The number of hydrogen-bond donors (Lipinski definition) is 3. The predicted molar refractivity (Wildman–Crippen MR) is 124 cm³/mol. The molecule has 0 spiro atoms. The van der Waals surface area contributed by atoms with Crippen molar-refractivity contribution in [1.82, 2.24) is 0 Å². The van der Waals surface area contributed by atoms with Crippen LogP contribution in [-0.4, -0.2) is 63.5 Å². The van der Waals surface area contributed by atoms with E-state index < -0.39 is 6.04 Å². The summed E-state index contributed by atoms with van der Waals surface area (Å²) in [4.78, 5) is 39.4. The molecule has 0 aliphatic carbocycles. The SMILES string of the molecule is CC(=O)c1ccc(NC(=O)[C@@H](C)[NH+](C)CC(=O)Nc2ccc(N3CCOCC3)cc2)cc1. The molecule has 8 nitrogen and oxygen atoms in total. The smallest absolute Gasteiger partial charge is 0.282 e. The third-order valence-corrected chi connectivity index (χ3v) is 5.66. The van der Waals surface area contributed by atoms with E-state index in [0.717, 1.165) is 42.6 Å². The van der Waals surface area contributed by atoms with E-state index in [0.29, 0.717) is 11.3 Å². The number of hydrogen-bond acceptors (Lipinski definition) is 5. The second-order valence-corrected chi connectivity index (χ2v) is 8.06. The van der Waals surface area contributed by atoms with Gasteiger partial charge in [-0.15, -0.1) is 0 Å². The van der Waals surface area contributed by atoms with Crippen LogP contribution in [0.1, 0.15) is 24.2 Å². The molecule has 0 saturated carbocycles. The van der Waals surface area contributed by atoms with Crippen molar-refractivity contribution in [3.63, 3.8) is 0 Å². The minimum atomic E-state index is -0.433. The van der Waals surface area contributed by atoms with Crippen molar-refractivity contribution in [3.05, 3.63) is 54.1 Å². The topological polar surface area (TPSA) is 92.2 Å². The number of carbonyl (C=O) groups is 3. The monoisotopic (exact) mass is 439 g/mol. The lowest BCUT2D eigenvalue weighted by molar-refractivity contribution is -0.885. The van der Waals surface area contributed by atoms with Gasteiger partial charge in [-0.05, 0) is 62.4 Å². The summed E-state index contributed by atoms with van der Waals surface area (Å²) in [5.74, 6) is -0.380. The second-order valence-electron chi connectivity index (χ2n) is 8.06. The van der Waals surface area contributed by atoms with Crippen LogP contribution in [0.15, 0.2) is 48.5 Å². The molecule has 1 fully saturated rings. The van der Waals surface area contributed by atoms with Crippen LogP contribution in [0, 0.1) is 0 Å². The molecule has 1 unspecified atom stereocenters. The molecule has 8 heteroatoms. The molecule has 1 heterocycles. The number of nitrogens with zero attached hydrogens (tertiary/aromatic N) is 1. The van der Waals surface area contributed by atoms with Gasteiger partial charge in [0.25, 0.3) is 11.8 Å². The number of nitrogens with one attached hydrogen (secondary N) is 3. The summed E-state index contributed by atoms with van der Waals surface area (Å²) in [6.45, 7) is 6.60. The van der Waals surface area contributed by atoms with E-state index >= 15 is 0 Å². The van der Waals surface area contributed by atoms with Gasteiger partial charge in [-0.25, -0.2) is 0 Å². The molecule has 2 amide bonds. The number of amides is 2. The number of benzene rings is 2. The van der Waals surface area contributed by atoms with E-state index in [4.69, 9.17) is 4.74 Å². The molecule has 0 radical (unpaired) electrons. The van der Waals surface area contributed by atoms with Gasteiger partial charge < -0.3 is 25.2 Å². The third kappa shape index (κ3) is 6.38. The molecule has 1 saturated heterocycles. The highest BCUT2D eigenvalue weighted by molar-refractivity contribution is 5.97. The summed E-state index contributed by atoms with van der Waals surface area (Å²) in [6, 6.07) is 14.1. The number of rotatable bonds is 8. The number of carbonyl (C=O) groups excluding carboxylic acids is 3. The van der Waals surface area contributed by atoms with Crippen molar-refractivity contribution in [3.8, 4) is 0 Å². The van der Waals surface area contributed by atoms with Crippen LogP contribution in [0.4, 0.5) is 17.1 Å². The summed E-state index contributed by atoms with van der Waals surface area (Å²) in [6.07, 6.45) is 0. The Hall–Kier alpha value is -3.23. The van der Waals surface area contributed by atoms with Crippen LogP contribution in [0.25, 0.3) is 0 Å². The predicted octanol–water partition coefficient (Wildman–Crippen LogP) is 1.21. The van der Waals surface area contributed by atoms with E-state index in [-0.39, 0.29) is 24.1 Å². The van der Waals surface area contributed by atoms with Crippen LogP contribution in [0.3, 0.4) is 0 Å². The van der Waals surface area contributed by atoms with Gasteiger partial charge in [0.05, 0.1) is 20.3 Å². The molecule has 2 atom stereocenters. The molecule has 2 aromatic rings. The minimum Gasteiger partial charge on any atom is -0.378 e. The van der Waals surface area contributed by atoms with E-state index in [1.165, 1.54) is 6.92 Å². The molecule has 1 aliphatic heterocycles. The van der Waals surface area contributed by atoms with Gasteiger partial charge in [-0.1, -0.05) is 0 Å². The van der Waals surface area contributed by atoms with Crippen LogP contribution >= 0.6 is 0 Å². The molecule has 3 N–H and O–H groups in total. The fraction of sp³-hybridized carbons (Fsp3) is 0.375. The Morgan fingerprint density at radius 2 is 1.53 bits per heavy atom. The van der Waals surface area contributed by atoms with Gasteiger partial charge in [-0.2, -0.15) is 0 Å². The summed E-state index contributed by atoms with van der Waals surface area (Å²) >= 11 is 0. The molecule has 2 aromatic carbocycles. The fourth-order valence-corrected chi connectivity index (χ4v) is 3.45. The van der Waals surface area contributed by atoms with Crippen LogP contribution in [0.2, 0.25) is 0 Å². The third-order valence-electron chi connectivity index (χ3n) is 5.66. The van der Waals surface area contributed by atoms with Gasteiger partial charge in [0.2, 0.25) is 0 Å². The fourth-order valence-electron chi connectivity index (χ4n) is 3.45. The lowest BCUT2D eigenvalue weighted by Gasteiger charge is -2.28. The lowest BCUT2D eigenvalue weighted by Crippen LogP contribution is -3.14. The zero-order chi connectivity index (χ0) is 23.1. The van der Waals surface area contributed by atoms with Gasteiger partial charge in [0, 0.05) is 35.7 Å². The summed E-state index contributed by atoms with van der Waals surface area (Å²) in [7, 11) is 1.81. The van der Waals surface area contributed by atoms with Crippen molar-refractivity contribution in [2.45, 2.75) is 19.9 Å². The zero-order valence-electron chi connectivity index (χ0n) is 18.8. The van der Waals surface area contributed by atoms with E-state index in [1.807, 2.05) is 31.3 Å². The van der Waals surface area contributed by atoms with E-state index in [9.17, 15) is 14.4 Å². The standard InChI is InChI=1S/C24H30N4O4/c1-17(24(31)26-21-6-4-19(5-7-21)18(2)29)27(3)16-23(30)25-20-8-10-22(11-9-20)28-12-14-32-15-13-28/h4-11,17H,12-16H2,1-3H3,(H,25,30)(H,26,31)/p+1/t17-/m1/s1. The first-order chi connectivity index (χ1) is 15.3. The quantitative estimate of drug-likeness (QED) is 0.538. The number of anilines is 3. The molecule has 32 heavy (non-hydrogen) atoms. The Labute approximate surface area is 188 Å². The van der Waals surface area contributed by atoms with Crippen molar-refractivity contribution >= 4 is 34.7 Å². The maximum absolute atomic E-state index is 12.6. The van der Waals surface area contributed by atoms with Gasteiger partial charge in [-0.3, -0.25) is 14.4 Å². The van der Waals surface area contributed by atoms with Gasteiger partial charge in [0.1, 0.15) is 0 Å². The first kappa shape index (κ1) is 23.4. The Morgan fingerprint density at radius 1 is 0.969 bits per heavy atom. The summed E-state index contributed by atoms with van der Waals surface area (Å²) in [5.41, 5.74) is 3.04. The average Bonchev–Trinajstić information content (AvgIpc) is 2.79.